The molecule has 0 saturated carbocycles. The fraction of sp³-hybridized carbons (Fsp3) is 0.381. The normalized spacial score (nSPS) is 16.6. The van der Waals surface area contributed by atoms with Gasteiger partial charge in [-0.2, -0.15) is 0 Å². The average molecular weight is 448 g/mol. The van der Waals surface area contributed by atoms with Crippen LogP contribution in [0.25, 0.3) is 0 Å². The quantitative estimate of drug-likeness (QED) is 0.709. The van der Waals surface area contributed by atoms with E-state index < -0.39 is 10.0 Å². The molecule has 2 aromatic rings. The number of aromatic hydroxyl groups is 1. The maximum Gasteiger partial charge on any atom is 0.241 e. The number of piperazine rings is 1. The van der Waals surface area contributed by atoms with Gasteiger partial charge in [0.05, 0.1) is 24.7 Å². The fourth-order valence-corrected chi connectivity index (χ4v) is 4.53. The minimum absolute atomic E-state index is 0.0294. The van der Waals surface area contributed by atoms with Gasteiger partial charge < -0.3 is 24.4 Å². The molecule has 4 rings (SSSR count). The summed E-state index contributed by atoms with van der Waals surface area (Å²) < 4.78 is 38.8. The van der Waals surface area contributed by atoms with Gasteiger partial charge >= 0.3 is 0 Å². The van der Waals surface area contributed by atoms with Gasteiger partial charge in [-0.25, -0.2) is 13.1 Å². The first-order valence-electron chi connectivity index (χ1n) is 10.1. The summed E-state index contributed by atoms with van der Waals surface area (Å²) in [4.78, 5) is 16.3. The average Bonchev–Trinajstić information content (AvgIpc) is 3.03. The predicted molar refractivity (Wildman–Crippen MR) is 114 cm³/mol. The highest BCUT2D eigenvalue weighted by Gasteiger charge is 2.24. The molecule has 10 heteroatoms. The molecular formula is C21H25N3O6S. The van der Waals surface area contributed by atoms with Gasteiger partial charge in [-0.15, -0.1) is 0 Å². The van der Waals surface area contributed by atoms with Gasteiger partial charge in [0.25, 0.3) is 0 Å². The Morgan fingerprint density at radius 3 is 2.35 bits per heavy atom. The van der Waals surface area contributed by atoms with Crippen molar-refractivity contribution in [3.05, 3.63) is 42.5 Å². The highest BCUT2D eigenvalue weighted by atomic mass is 32.2. The van der Waals surface area contributed by atoms with Crippen molar-refractivity contribution >= 4 is 21.6 Å². The minimum atomic E-state index is -3.86. The number of anilines is 1. The molecule has 2 heterocycles. The smallest absolute Gasteiger partial charge is 0.241 e. The van der Waals surface area contributed by atoms with Crippen molar-refractivity contribution in [3.63, 3.8) is 0 Å². The van der Waals surface area contributed by atoms with E-state index in [9.17, 15) is 18.3 Å². The second-order valence-electron chi connectivity index (χ2n) is 7.37. The van der Waals surface area contributed by atoms with E-state index in [1.165, 1.54) is 12.1 Å². The molecule has 9 nitrogen and oxygen atoms in total. The van der Waals surface area contributed by atoms with Crippen LogP contribution in [0.15, 0.2) is 47.4 Å². The molecule has 0 radical (unpaired) electrons. The third-order valence-corrected chi connectivity index (χ3v) is 6.69. The second-order valence-corrected chi connectivity index (χ2v) is 9.13. The number of nitrogens with one attached hydrogen (secondary N) is 1. The van der Waals surface area contributed by atoms with Crippen LogP contribution in [0.3, 0.4) is 0 Å². The van der Waals surface area contributed by atoms with E-state index in [2.05, 4.69) is 9.62 Å². The van der Waals surface area contributed by atoms with E-state index in [0.717, 1.165) is 12.1 Å². The zero-order valence-corrected chi connectivity index (χ0v) is 17.8. The molecule has 2 aliphatic heterocycles. The van der Waals surface area contributed by atoms with Crippen LogP contribution in [0.4, 0.5) is 5.69 Å². The van der Waals surface area contributed by atoms with Crippen LogP contribution < -0.4 is 19.1 Å². The van der Waals surface area contributed by atoms with Gasteiger partial charge in [-0.1, -0.05) is 0 Å². The van der Waals surface area contributed by atoms with Crippen molar-refractivity contribution in [2.45, 2.75) is 11.3 Å². The lowest BCUT2D eigenvalue weighted by Crippen LogP contribution is -2.51. The van der Waals surface area contributed by atoms with Crippen molar-refractivity contribution in [1.29, 1.82) is 0 Å². The van der Waals surface area contributed by atoms with Crippen LogP contribution >= 0.6 is 0 Å². The number of phenolic OH excluding ortho intramolecular Hbond substituents is 1. The monoisotopic (exact) mass is 447 g/mol. The summed E-state index contributed by atoms with van der Waals surface area (Å²) in [5, 5.41) is 9.41. The first kappa shape index (κ1) is 21.3. The zero-order chi connectivity index (χ0) is 21.8. The Kier molecular flexibility index (Phi) is 6.19. The molecule has 0 aromatic heterocycles. The Labute approximate surface area is 181 Å². The molecule has 0 bridgehead atoms. The number of rotatable bonds is 5. The van der Waals surface area contributed by atoms with Gasteiger partial charge in [-0.3, -0.25) is 4.79 Å². The third-order valence-electron chi connectivity index (χ3n) is 5.29. The van der Waals surface area contributed by atoms with E-state index >= 15 is 0 Å². The fourth-order valence-electron chi connectivity index (χ4n) is 3.54. The van der Waals surface area contributed by atoms with Gasteiger partial charge in [0.1, 0.15) is 5.75 Å². The Hall–Kier alpha value is -2.98. The topological polar surface area (TPSA) is 108 Å². The number of carbonyl (C=O) groups excluding carboxylic acids is 1. The first-order chi connectivity index (χ1) is 14.9. The van der Waals surface area contributed by atoms with Crippen LogP contribution in [0.1, 0.15) is 6.42 Å². The Morgan fingerprint density at radius 2 is 1.65 bits per heavy atom. The first-order valence-corrected chi connectivity index (χ1v) is 11.6. The molecule has 0 unspecified atom stereocenters. The van der Waals surface area contributed by atoms with Crippen molar-refractivity contribution in [2.75, 3.05) is 50.8 Å². The number of fused-ring (bicyclic) bond motifs is 1. The Morgan fingerprint density at radius 1 is 0.968 bits per heavy atom. The molecule has 0 atom stereocenters. The molecular weight excluding hydrogens is 422 g/mol. The highest BCUT2D eigenvalue weighted by Crippen LogP contribution is 2.31. The minimum Gasteiger partial charge on any atom is -0.508 e. The van der Waals surface area contributed by atoms with Crippen LogP contribution in [-0.2, 0) is 14.8 Å². The lowest BCUT2D eigenvalue weighted by atomic mass is 10.2. The van der Waals surface area contributed by atoms with E-state index in [4.69, 9.17) is 9.47 Å². The number of phenols is 1. The maximum absolute atomic E-state index is 12.6. The van der Waals surface area contributed by atoms with Crippen LogP contribution in [0, 0.1) is 0 Å². The molecule has 1 amide bonds. The maximum atomic E-state index is 12.6. The molecule has 2 N–H and O–H groups in total. The van der Waals surface area contributed by atoms with Gasteiger partial charge in [-0.05, 0) is 36.4 Å². The van der Waals surface area contributed by atoms with Gasteiger partial charge in [0, 0.05) is 44.4 Å². The number of hydrogen-bond acceptors (Lipinski definition) is 7. The number of sulfonamides is 1. The molecule has 2 aromatic carbocycles. The number of ether oxygens (including phenoxy) is 2. The summed E-state index contributed by atoms with van der Waals surface area (Å²) in [5.41, 5.74) is 0.972. The van der Waals surface area contributed by atoms with Crippen molar-refractivity contribution in [3.8, 4) is 17.2 Å². The summed E-state index contributed by atoms with van der Waals surface area (Å²) in [5.74, 6) is 0.831. The van der Waals surface area contributed by atoms with Crippen LogP contribution in [-0.4, -0.2) is 70.3 Å². The summed E-state index contributed by atoms with van der Waals surface area (Å²) in [6.45, 7) is 2.91. The number of carbonyl (C=O) groups is 1. The Bertz CT molecular complexity index is 1030. The molecule has 1 saturated heterocycles. The van der Waals surface area contributed by atoms with Crippen LogP contribution in [0.2, 0.25) is 0 Å². The lowest BCUT2D eigenvalue weighted by molar-refractivity contribution is -0.130. The van der Waals surface area contributed by atoms with E-state index in [1.54, 1.807) is 23.1 Å². The molecule has 0 aliphatic carbocycles. The van der Waals surface area contributed by atoms with Crippen LogP contribution in [0.5, 0.6) is 17.2 Å². The summed E-state index contributed by atoms with van der Waals surface area (Å²) in [6.07, 6.45) is 0.726. The summed E-state index contributed by atoms with van der Waals surface area (Å²) in [6, 6.07) is 11.3. The SMILES string of the molecule is O=C(CNS(=O)(=O)c1ccc2c(c1)OCCCO2)N1CCN(c2ccc(O)cc2)CC1. The summed E-state index contributed by atoms with van der Waals surface area (Å²) in [7, 11) is -3.86. The van der Waals surface area contributed by atoms with E-state index in [-0.39, 0.29) is 23.1 Å². The van der Waals surface area contributed by atoms with Crippen molar-refractivity contribution in [1.82, 2.24) is 9.62 Å². The molecule has 2 aliphatic rings. The Balaban J connectivity index is 1.32. The highest BCUT2D eigenvalue weighted by molar-refractivity contribution is 7.89. The molecule has 1 fully saturated rings. The lowest BCUT2D eigenvalue weighted by Gasteiger charge is -2.36. The standard InChI is InChI=1S/C21H25N3O6S/c25-17-4-2-16(3-5-17)23-8-10-24(11-9-23)21(26)15-22-31(27,28)18-6-7-19-20(14-18)30-13-1-12-29-19/h2-7,14,22,25H,1,8-13,15H2. The molecule has 0 spiro atoms. The number of hydrogen-bond donors (Lipinski definition) is 2. The zero-order valence-electron chi connectivity index (χ0n) is 17.0. The number of nitrogens with zero attached hydrogens (tertiary/aromatic N) is 2. The van der Waals surface area contributed by atoms with E-state index in [0.29, 0.717) is 50.9 Å². The predicted octanol–water partition coefficient (Wildman–Crippen LogP) is 1.18. The van der Waals surface area contributed by atoms with Gasteiger partial charge in [0.15, 0.2) is 11.5 Å². The molecule has 31 heavy (non-hydrogen) atoms. The number of amides is 1. The van der Waals surface area contributed by atoms with Crippen molar-refractivity contribution < 1.29 is 27.8 Å². The number of benzene rings is 2. The largest absolute Gasteiger partial charge is 0.508 e. The molecule has 166 valence electrons. The second kappa shape index (κ2) is 9.03. The van der Waals surface area contributed by atoms with Gasteiger partial charge in [0.2, 0.25) is 15.9 Å². The third kappa shape index (κ3) is 5.02. The van der Waals surface area contributed by atoms with Crippen molar-refractivity contribution in [2.24, 2.45) is 0 Å². The van der Waals surface area contributed by atoms with E-state index in [1.807, 2.05) is 12.1 Å². The summed E-state index contributed by atoms with van der Waals surface area (Å²) >= 11 is 0.